The van der Waals surface area contributed by atoms with Gasteiger partial charge in [0.05, 0.1) is 6.04 Å². The fourth-order valence-corrected chi connectivity index (χ4v) is 4.60. The van der Waals surface area contributed by atoms with Crippen molar-refractivity contribution in [2.45, 2.75) is 45.1 Å². The molecule has 0 fully saturated rings. The summed E-state index contributed by atoms with van der Waals surface area (Å²) in [4.78, 5) is 11.3. The van der Waals surface area contributed by atoms with E-state index in [1.165, 1.54) is 6.08 Å². The summed E-state index contributed by atoms with van der Waals surface area (Å²) in [7, 11) is 0. The number of nitrogens with one attached hydrogen (secondary N) is 1. The third kappa shape index (κ3) is 4.12. The van der Waals surface area contributed by atoms with Crippen molar-refractivity contribution < 1.29 is 9.90 Å². The highest BCUT2D eigenvalue weighted by molar-refractivity contribution is 5.89. The minimum absolute atomic E-state index is 0.0595. The molecule has 2 N–H and O–H groups in total. The Morgan fingerprint density at radius 2 is 1.91 bits per heavy atom. The molecular formula is C25H25N7O2. The minimum atomic E-state index is -0.956. The Hall–Kier alpha value is -4.14. The van der Waals surface area contributed by atoms with Gasteiger partial charge in [-0.1, -0.05) is 61.9 Å². The lowest BCUT2D eigenvalue weighted by molar-refractivity contribution is -0.131. The maximum absolute atomic E-state index is 11.3. The minimum Gasteiger partial charge on any atom is -0.478 e. The monoisotopic (exact) mass is 455 g/mol. The van der Waals surface area contributed by atoms with Gasteiger partial charge in [-0.25, -0.2) is 4.79 Å². The van der Waals surface area contributed by atoms with Gasteiger partial charge in [0.15, 0.2) is 5.82 Å². The number of fused-ring (bicyclic) bond motifs is 1. The van der Waals surface area contributed by atoms with Crippen LogP contribution >= 0.6 is 0 Å². The first-order valence-corrected chi connectivity index (χ1v) is 11.5. The molecule has 34 heavy (non-hydrogen) atoms. The van der Waals surface area contributed by atoms with Crippen LogP contribution in [0.25, 0.3) is 28.1 Å². The fraction of sp³-hybridized carbons (Fsp3) is 0.280. The molecule has 1 aliphatic heterocycles. The first-order chi connectivity index (χ1) is 16.7. The van der Waals surface area contributed by atoms with Gasteiger partial charge in [-0.15, -0.1) is 20.4 Å². The normalized spacial score (nSPS) is 16.5. The summed E-state index contributed by atoms with van der Waals surface area (Å²) in [6.07, 6.45) is 5.58. The highest BCUT2D eigenvalue weighted by Gasteiger charge is 2.29. The summed E-state index contributed by atoms with van der Waals surface area (Å²) in [6, 6.07) is 16.5. The van der Waals surface area contributed by atoms with E-state index in [0.717, 1.165) is 59.3 Å². The number of rotatable bonds is 7. The first kappa shape index (κ1) is 21.7. The SMILES string of the molecule is CCCCc1nnc2n1C(c1ccc(-c3ccccc3-c3nn[nH]n3)cc1)CCC2=CC(=O)O. The molecule has 1 atom stereocenters. The lowest BCUT2D eigenvalue weighted by Crippen LogP contribution is -2.21. The molecule has 2 aromatic heterocycles. The molecule has 9 nitrogen and oxygen atoms in total. The van der Waals surface area contributed by atoms with Crippen LogP contribution in [0.5, 0.6) is 0 Å². The Morgan fingerprint density at radius 1 is 1.12 bits per heavy atom. The second-order valence-corrected chi connectivity index (χ2v) is 8.38. The molecule has 172 valence electrons. The van der Waals surface area contributed by atoms with Crippen LogP contribution in [0.4, 0.5) is 0 Å². The average molecular weight is 456 g/mol. The summed E-state index contributed by atoms with van der Waals surface area (Å²) < 4.78 is 2.14. The number of tetrazole rings is 1. The molecule has 1 aliphatic rings. The molecule has 0 amide bonds. The second-order valence-electron chi connectivity index (χ2n) is 8.38. The van der Waals surface area contributed by atoms with Crippen LogP contribution in [-0.2, 0) is 11.2 Å². The molecule has 4 aromatic rings. The van der Waals surface area contributed by atoms with Crippen molar-refractivity contribution in [3.63, 3.8) is 0 Å². The van der Waals surface area contributed by atoms with E-state index in [4.69, 9.17) is 0 Å². The zero-order valence-electron chi connectivity index (χ0n) is 18.8. The van der Waals surface area contributed by atoms with Crippen LogP contribution in [0.2, 0.25) is 0 Å². The fourth-order valence-electron chi connectivity index (χ4n) is 4.60. The molecule has 3 heterocycles. The van der Waals surface area contributed by atoms with Crippen molar-refractivity contribution >= 4 is 11.5 Å². The van der Waals surface area contributed by atoms with Crippen molar-refractivity contribution in [2.24, 2.45) is 0 Å². The highest BCUT2D eigenvalue weighted by atomic mass is 16.4. The van der Waals surface area contributed by atoms with E-state index in [9.17, 15) is 9.90 Å². The number of aliphatic carboxylic acids is 1. The number of aromatic amines is 1. The number of nitrogens with zero attached hydrogens (tertiary/aromatic N) is 6. The number of carboxylic acids is 1. The molecule has 5 rings (SSSR count). The van der Waals surface area contributed by atoms with Crippen molar-refractivity contribution in [1.29, 1.82) is 0 Å². The quantitative estimate of drug-likeness (QED) is 0.398. The summed E-state index contributed by atoms with van der Waals surface area (Å²) in [5.41, 5.74) is 4.87. The topological polar surface area (TPSA) is 122 Å². The Balaban J connectivity index is 1.51. The average Bonchev–Trinajstić information content (AvgIpc) is 3.54. The summed E-state index contributed by atoms with van der Waals surface area (Å²) in [6.45, 7) is 2.14. The van der Waals surface area contributed by atoms with E-state index in [1.54, 1.807) is 0 Å². The standard InChI is InChI=1S/C25H25N7O2/c1-2-3-8-22-26-29-25-18(15-23(33)34)13-14-21(32(22)25)17-11-9-16(10-12-17)19-6-4-5-7-20(19)24-27-30-31-28-24/h4-7,9-12,15,21H,2-3,8,13-14H2,1H3,(H,33,34)(H,27,28,30,31). The first-order valence-electron chi connectivity index (χ1n) is 11.5. The van der Waals surface area contributed by atoms with E-state index in [0.29, 0.717) is 18.1 Å². The molecule has 2 aromatic carbocycles. The van der Waals surface area contributed by atoms with Gasteiger partial charge in [0.25, 0.3) is 0 Å². The number of carbonyl (C=O) groups is 1. The number of aryl methyl sites for hydroxylation is 1. The number of H-pyrrole nitrogens is 1. The molecule has 0 spiro atoms. The van der Waals surface area contributed by atoms with Crippen molar-refractivity contribution in [3.8, 4) is 22.5 Å². The van der Waals surface area contributed by atoms with E-state index < -0.39 is 5.97 Å². The van der Waals surface area contributed by atoms with E-state index in [2.05, 4.69) is 66.6 Å². The van der Waals surface area contributed by atoms with Gasteiger partial charge in [0, 0.05) is 23.6 Å². The maximum Gasteiger partial charge on any atom is 0.328 e. The van der Waals surface area contributed by atoms with E-state index >= 15 is 0 Å². The number of unbranched alkanes of at least 4 members (excludes halogenated alkanes) is 1. The third-order valence-electron chi connectivity index (χ3n) is 6.22. The number of allylic oxidation sites excluding steroid dienone is 1. The zero-order valence-corrected chi connectivity index (χ0v) is 18.8. The summed E-state index contributed by atoms with van der Waals surface area (Å²) in [5, 5.41) is 32.6. The smallest absolute Gasteiger partial charge is 0.328 e. The van der Waals surface area contributed by atoms with Crippen molar-refractivity contribution in [2.75, 3.05) is 0 Å². The lowest BCUT2D eigenvalue weighted by Gasteiger charge is -2.28. The number of benzene rings is 2. The van der Waals surface area contributed by atoms with Crippen molar-refractivity contribution in [1.82, 2.24) is 35.4 Å². The van der Waals surface area contributed by atoms with Crippen LogP contribution in [0.3, 0.4) is 0 Å². The number of hydrogen-bond donors (Lipinski definition) is 2. The zero-order chi connectivity index (χ0) is 23.5. The number of carboxylic acid groups (broad SMARTS) is 1. The van der Waals surface area contributed by atoms with Gasteiger partial charge in [-0.05, 0) is 41.2 Å². The van der Waals surface area contributed by atoms with Crippen LogP contribution < -0.4 is 0 Å². The molecule has 1 unspecified atom stereocenters. The second kappa shape index (κ2) is 9.38. The maximum atomic E-state index is 11.3. The highest BCUT2D eigenvalue weighted by Crippen LogP contribution is 2.38. The number of hydrogen-bond acceptors (Lipinski definition) is 6. The Labute approximate surface area is 196 Å². The van der Waals surface area contributed by atoms with Gasteiger partial charge in [0.2, 0.25) is 5.82 Å². The predicted octanol–water partition coefficient (Wildman–Crippen LogP) is 4.32. The Morgan fingerprint density at radius 3 is 2.62 bits per heavy atom. The predicted molar refractivity (Wildman–Crippen MR) is 127 cm³/mol. The van der Waals surface area contributed by atoms with E-state index in [1.807, 2.05) is 24.3 Å². The van der Waals surface area contributed by atoms with Gasteiger partial charge in [0.1, 0.15) is 5.82 Å². The Kier molecular flexibility index (Phi) is 5.99. The molecule has 0 saturated carbocycles. The van der Waals surface area contributed by atoms with Gasteiger partial charge < -0.3 is 9.67 Å². The summed E-state index contributed by atoms with van der Waals surface area (Å²) >= 11 is 0. The number of aromatic nitrogens is 7. The van der Waals surface area contributed by atoms with Gasteiger partial charge in [-0.2, -0.15) is 5.21 Å². The molecular weight excluding hydrogens is 430 g/mol. The van der Waals surface area contributed by atoms with Gasteiger partial charge >= 0.3 is 5.97 Å². The molecule has 0 aliphatic carbocycles. The van der Waals surface area contributed by atoms with Gasteiger partial charge in [-0.3, -0.25) is 0 Å². The largest absolute Gasteiger partial charge is 0.478 e. The third-order valence-corrected chi connectivity index (χ3v) is 6.22. The molecule has 0 radical (unpaired) electrons. The lowest BCUT2D eigenvalue weighted by atomic mass is 9.91. The van der Waals surface area contributed by atoms with Crippen molar-refractivity contribution in [3.05, 3.63) is 71.8 Å². The Bertz CT molecular complexity index is 1320. The molecule has 0 saturated heterocycles. The van der Waals surface area contributed by atoms with Crippen LogP contribution in [0.15, 0.2) is 54.6 Å². The van der Waals surface area contributed by atoms with Crippen LogP contribution in [0, 0.1) is 0 Å². The van der Waals surface area contributed by atoms with Crippen LogP contribution in [-0.4, -0.2) is 46.5 Å². The molecule has 0 bridgehead atoms. The van der Waals surface area contributed by atoms with Crippen LogP contribution in [0.1, 0.15) is 55.9 Å². The van der Waals surface area contributed by atoms with E-state index in [-0.39, 0.29) is 6.04 Å². The molecule has 9 heteroatoms. The summed E-state index contributed by atoms with van der Waals surface area (Å²) in [5.74, 6) is 1.17.